The molecule has 0 aliphatic heterocycles. The lowest BCUT2D eigenvalue weighted by atomic mass is 10.2. The van der Waals surface area contributed by atoms with Crippen LogP contribution in [0.15, 0.2) is 58.5 Å². The van der Waals surface area contributed by atoms with E-state index in [1.807, 2.05) is 0 Å². The van der Waals surface area contributed by atoms with Crippen LogP contribution in [0.4, 0.5) is 34.1 Å². The third-order valence-corrected chi connectivity index (χ3v) is 4.51. The zero-order valence-electron chi connectivity index (χ0n) is 17.2. The molecule has 0 unspecified atom stereocenters. The Hall–Kier alpha value is -5.34. The normalized spacial score (nSPS) is 11.2. The van der Waals surface area contributed by atoms with Gasteiger partial charge in [0.15, 0.2) is 0 Å². The molecule has 15 heteroatoms. The number of benzene rings is 2. The molecule has 172 valence electrons. The molecule has 0 saturated carbocycles. The summed E-state index contributed by atoms with van der Waals surface area (Å²) in [5.74, 6) is 0. The summed E-state index contributed by atoms with van der Waals surface area (Å²) in [6.45, 7) is 0. The highest BCUT2D eigenvalue weighted by molar-refractivity contribution is 5.86. The van der Waals surface area contributed by atoms with E-state index >= 15 is 0 Å². The van der Waals surface area contributed by atoms with Crippen LogP contribution in [0.25, 0.3) is 0 Å². The molecule has 2 aromatic carbocycles. The van der Waals surface area contributed by atoms with E-state index < -0.39 is 42.4 Å². The summed E-state index contributed by atoms with van der Waals surface area (Å²) in [4.78, 5) is 49.1. The van der Waals surface area contributed by atoms with E-state index in [2.05, 4.69) is 9.98 Å². The van der Waals surface area contributed by atoms with Gasteiger partial charge in [0.1, 0.15) is 0 Å². The van der Waals surface area contributed by atoms with Crippen molar-refractivity contribution in [1.29, 1.82) is 0 Å². The van der Waals surface area contributed by atoms with Crippen molar-refractivity contribution in [1.82, 2.24) is 4.57 Å². The second kappa shape index (κ2) is 9.43. The van der Waals surface area contributed by atoms with Crippen molar-refractivity contribution in [2.45, 2.75) is 0 Å². The van der Waals surface area contributed by atoms with Gasteiger partial charge in [-0.05, 0) is 12.1 Å². The fraction of sp³-hybridized carbons (Fsp3) is 0.0526. The molecule has 15 nitrogen and oxygen atoms in total. The second-order valence-electron chi connectivity index (χ2n) is 6.70. The largest absolute Gasteiger partial charge is 0.342 e. The van der Waals surface area contributed by atoms with Gasteiger partial charge in [0.2, 0.25) is 0 Å². The lowest BCUT2D eigenvalue weighted by Crippen LogP contribution is -1.99. The number of nitrogens with zero attached hydrogens (tertiary/aromatic N) is 7. The van der Waals surface area contributed by atoms with Crippen LogP contribution in [0.1, 0.15) is 11.4 Å². The molecule has 0 aliphatic carbocycles. The van der Waals surface area contributed by atoms with E-state index in [1.165, 1.54) is 12.4 Å². The van der Waals surface area contributed by atoms with Crippen LogP contribution in [0.5, 0.6) is 0 Å². The smallest absolute Gasteiger partial charge is 0.278 e. The zero-order chi connectivity index (χ0) is 25.0. The molecule has 0 spiro atoms. The first-order valence-electron chi connectivity index (χ1n) is 9.17. The number of rotatable bonds is 8. The SMILES string of the molecule is Cn1c(C=Nc2cc([N+](=O)[O-])cc([N+](=O)[O-])c2)ccc1C=Nc1cc([N+](=O)[O-])cc([N+](=O)[O-])c1. The van der Waals surface area contributed by atoms with Crippen LogP contribution in [-0.2, 0) is 7.05 Å². The number of hydrogen-bond acceptors (Lipinski definition) is 10. The van der Waals surface area contributed by atoms with Crippen molar-refractivity contribution in [3.8, 4) is 0 Å². The summed E-state index contributed by atoms with van der Waals surface area (Å²) >= 11 is 0. The molecule has 0 radical (unpaired) electrons. The first-order valence-corrected chi connectivity index (χ1v) is 9.17. The molecule has 1 aromatic heterocycles. The van der Waals surface area contributed by atoms with Gasteiger partial charge in [-0.2, -0.15) is 0 Å². The van der Waals surface area contributed by atoms with Gasteiger partial charge in [-0.15, -0.1) is 0 Å². The highest BCUT2D eigenvalue weighted by atomic mass is 16.6. The number of hydrogen-bond donors (Lipinski definition) is 0. The van der Waals surface area contributed by atoms with Crippen LogP contribution in [0.3, 0.4) is 0 Å². The summed E-state index contributed by atoms with van der Waals surface area (Å²) in [6, 6.07) is 9.24. The average molecular weight is 467 g/mol. The number of aliphatic imine (C=N–C) groups is 2. The van der Waals surface area contributed by atoms with E-state index in [-0.39, 0.29) is 11.4 Å². The van der Waals surface area contributed by atoms with Gasteiger partial charge in [-0.25, -0.2) is 0 Å². The highest BCUT2D eigenvalue weighted by Crippen LogP contribution is 2.29. The van der Waals surface area contributed by atoms with Crippen LogP contribution in [0.2, 0.25) is 0 Å². The monoisotopic (exact) mass is 467 g/mol. The minimum atomic E-state index is -0.763. The summed E-state index contributed by atoms with van der Waals surface area (Å²) in [5, 5.41) is 44.0. The van der Waals surface area contributed by atoms with Crippen LogP contribution >= 0.6 is 0 Å². The predicted molar refractivity (Wildman–Crippen MR) is 119 cm³/mol. The maximum Gasteiger partial charge on any atom is 0.278 e. The first-order chi connectivity index (χ1) is 16.0. The van der Waals surface area contributed by atoms with Gasteiger partial charge < -0.3 is 4.57 Å². The van der Waals surface area contributed by atoms with E-state index in [4.69, 9.17) is 0 Å². The van der Waals surface area contributed by atoms with Crippen LogP contribution < -0.4 is 0 Å². The van der Waals surface area contributed by atoms with Crippen LogP contribution in [0, 0.1) is 40.5 Å². The minimum absolute atomic E-state index is 0.00113. The van der Waals surface area contributed by atoms with E-state index in [0.717, 1.165) is 36.4 Å². The second-order valence-corrected chi connectivity index (χ2v) is 6.70. The van der Waals surface area contributed by atoms with Gasteiger partial charge in [0, 0.05) is 31.3 Å². The molecule has 0 saturated heterocycles. The summed E-state index contributed by atoms with van der Waals surface area (Å²) in [5.41, 5.74) is -0.915. The Morgan fingerprint density at radius 2 is 0.912 bits per heavy atom. The molecule has 3 rings (SSSR count). The van der Waals surface area contributed by atoms with Gasteiger partial charge in [-0.3, -0.25) is 50.4 Å². The standard InChI is InChI=1S/C19H13N7O8/c1-22-14(10-20-12-4-16(23(27)28)8-17(5-12)24(29)30)2-3-15(22)11-21-13-6-18(25(31)32)9-19(7-13)26(33)34/h2-11H,1H3. The molecule has 0 atom stereocenters. The fourth-order valence-corrected chi connectivity index (χ4v) is 2.81. The molecule has 3 aromatic rings. The zero-order valence-corrected chi connectivity index (χ0v) is 17.2. The first kappa shape index (κ1) is 23.3. The Morgan fingerprint density at radius 3 is 1.18 bits per heavy atom. The Labute approximate surface area is 188 Å². The van der Waals surface area contributed by atoms with Crippen molar-refractivity contribution < 1.29 is 19.7 Å². The van der Waals surface area contributed by atoms with E-state index in [9.17, 15) is 40.5 Å². The molecule has 0 amide bonds. The number of non-ortho nitro benzene ring substituents is 4. The van der Waals surface area contributed by atoms with Gasteiger partial charge in [0.25, 0.3) is 22.7 Å². The molecule has 0 aliphatic rings. The Kier molecular flexibility index (Phi) is 6.47. The summed E-state index contributed by atoms with van der Waals surface area (Å²) < 4.78 is 1.60. The minimum Gasteiger partial charge on any atom is -0.342 e. The lowest BCUT2D eigenvalue weighted by molar-refractivity contribution is -0.394. The van der Waals surface area contributed by atoms with Gasteiger partial charge >= 0.3 is 0 Å². The molecule has 0 N–H and O–H groups in total. The van der Waals surface area contributed by atoms with Crippen molar-refractivity contribution in [2.75, 3.05) is 0 Å². The highest BCUT2D eigenvalue weighted by Gasteiger charge is 2.17. The maximum atomic E-state index is 11.0. The van der Waals surface area contributed by atoms with Gasteiger partial charge in [0.05, 0.1) is 67.0 Å². The number of nitro benzene ring substituents is 4. The molecular formula is C19H13N7O8. The van der Waals surface area contributed by atoms with Crippen LogP contribution in [-0.4, -0.2) is 36.7 Å². The third-order valence-electron chi connectivity index (χ3n) is 4.51. The van der Waals surface area contributed by atoms with Crippen molar-refractivity contribution in [3.63, 3.8) is 0 Å². The predicted octanol–water partition coefficient (Wildman–Crippen LogP) is 4.16. The van der Waals surface area contributed by atoms with Crippen molar-refractivity contribution in [2.24, 2.45) is 17.0 Å². The molecular weight excluding hydrogens is 454 g/mol. The Morgan fingerprint density at radius 1 is 0.618 bits per heavy atom. The topological polar surface area (TPSA) is 202 Å². The van der Waals surface area contributed by atoms with Gasteiger partial charge in [-0.1, -0.05) is 0 Å². The number of nitro groups is 4. The molecule has 1 heterocycles. The molecule has 0 fully saturated rings. The Balaban J connectivity index is 1.89. The quantitative estimate of drug-likeness (QED) is 0.266. The molecule has 0 bridgehead atoms. The number of aromatic nitrogens is 1. The average Bonchev–Trinajstić information content (AvgIpc) is 3.14. The maximum absolute atomic E-state index is 11.0. The summed E-state index contributed by atoms with van der Waals surface area (Å²) in [7, 11) is 1.63. The van der Waals surface area contributed by atoms with E-state index in [0.29, 0.717) is 11.4 Å². The van der Waals surface area contributed by atoms with E-state index in [1.54, 1.807) is 23.7 Å². The Bertz CT molecular complexity index is 1230. The van der Waals surface area contributed by atoms with Crippen molar-refractivity contribution >= 4 is 46.6 Å². The lowest BCUT2D eigenvalue weighted by Gasteiger charge is -2.01. The fourth-order valence-electron chi connectivity index (χ4n) is 2.81. The molecule has 34 heavy (non-hydrogen) atoms. The third kappa shape index (κ3) is 5.28. The van der Waals surface area contributed by atoms with Crippen molar-refractivity contribution in [3.05, 3.63) is 100 Å². The summed E-state index contributed by atoms with van der Waals surface area (Å²) in [6.07, 6.45) is 2.66.